The second-order valence-electron chi connectivity index (χ2n) is 3.12. The molecule has 0 saturated carbocycles. The molecule has 3 heteroatoms. The van der Waals surface area contributed by atoms with E-state index in [0.29, 0.717) is 11.6 Å². The van der Waals surface area contributed by atoms with Crippen molar-refractivity contribution in [2.75, 3.05) is 12.4 Å². The minimum absolute atomic E-state index is 0.644. The van der Waals surface area contributed by atoms with Crippen molar-refractivity contribution in [3.8, 4) is 5.75 Å². The van der Waals surface area contributed by atoms with Gasteiger partial charge in [0.1, 0.15) is 5.75 Å². The van der Waals surface area contributed by atoms with Gasteiger partial charge in [0.05, 0.1) is 11.6 Å². The van der Waals surface area contributed by atoms with Crippen LogP contribution in [0.3, 0.4) is 0 Å². The van der Waals surface area contributed by atoms with E-state index < -0.39 is 0 Å². The molecule has 78 valence electrons. The topological polar surface area (TPSA) is 9.23 Å². The number of hydrogen-bond acceptors (Lipinski definition) is 2. The maximum atomic E-state index is 6.07. The van der Waals surface area contributed by atoms with Gasteiger partial charge in [-0.25, -0.2) is 0 Å². The van der Waals surface area contributed by atoms with E-state index in [4.69, 9.17) is 16.3 Å². The largest absolute Gasteiger partial charge is 0.492 e. The van der Waals surface area contributed by atoms with Crippen LogP contribution in [0, 0.1) is 6.92 Å². The lowest BCUT2D eigenvalue weighted by Gasteiger charge is -2.10. The normalized spacial score (nSPS) is 10.3. The van der Waals surface area contributed by atoms with E-state index in [-0.39, 0.29) is 0 Å². The molecule has 0 N–H and O–H groups in total. The van der Waals surface area contributed by atoms with Crippen LogP contribution >= 0.6 is 24.2 Å². The third-order valence-corrected chi connectivity index (χ3v) is 2.59. The zero-order valence-electron chi connectivity index (χ0n) is 8.51. The maximum Gasteiger partial charge on any atom is 0.138 e. The van der Waals surface area contributed by atoms with Crippen molar-refractivity contribution in [2.24, 2.45) is 0 Å². The molecule has 0 atom stereocenters. The van der Waals surface area contributed by atoms with Crippen molar-refractivity contribution in [1.82, 2.24) is 0 Å². The van der Waals surface area contributed by atoms with Gasteiger partial charge < -0.3 is 4.74 Å². The number of aryl methyl sites for hydroxylation is 2. The highest BCUT2D eigenvalue weighted by atomic mass is 35.5. The van der Waals surface area contributed by atoms with E-state index in [0.717, 1.165) is 17.9 Å². The Morgan fingerprint density at radius 2 is 2.14 bits per heavy atom. The van der Waals surface area contributed by atoms with Crippen LogP contribution in [0.1, 0.15) is 18.1 Å². The Balaban J connectivity index is 2.97. The average Bonchev–Trinajstić information content (AvgIpc) is 2.14. The standard InChI is InChI=1S/C11H15ClOS/c1-3-13-11-6-8(2)9(4-5-14)7-10(11)12/h6-7,14H,3-5H2,1-2H3. The summed E-state index contributed by atoms with van der Waals surface area (Å²) in [5.41, 5.74) is 2.46. The van der Waals surface area contributed by atoms with Gasteiger partial charge in [-0.3, -0.25) is 0 Å². The lowest BCUT2D eigenvalue weighted by molar-refractivity contribution is 0.340. The van der Waals surface area contributed by atoms with Crippen molar-refractivity contribution in [3.63, 3.8) is 0 Å². The number of benzene rings is 1. The molecule has 0 aliphatic heterocycles. The van der Waals surface area contributed by atoms with Crippen molar-refractivity contribution in [1.29, 1.82) is 0 Å². The molecule has 0 heterocycles. The van der Waals surface area contributed by atoms with Gasteiger partial charge in [-0.05, 0) is 49.3 Å². The molecule has 0 unspecified atom stereocenters. The SMILES string of the molecule is CCOc1cc(C)c(CCS)cc1Cl. The molecule has 0 aromatic heterocycles. The first-order valence-corrected chi connectivity index (χ1v) is 5.72. The first-order chi connectivity index (χ1) is 6.69. The Kier molecular flexibility index (Phi) is 4.63. The molecule has 0 radical (unpaired) electrons. The van der Waals surface area contributed by atoms with Crippen molar-refractivity contribution < 1.29 is 4.74 Å². The van der Waals surface area contributed by atoms with Gasteiger partial charge in [0.15, 0.2) is 0 Å². The molecule has 1 aromatic rings. The molecule has 1 nitrogen and oxygen atoms in total. The lowest BCUT2D eigenvalue weighted by Crippen LogP contribution is -1.96. The van der Waals surface area contributed by atoms with E-state index in [1.165, 1.54) is 11.1 Å². The Bertz CT molecular complexity index is 281. The Morgan fingerprint density at radius 3 is 2.71 bits per heavy atom. The third kappa shape index (κ3) is 2.82. The highest BCUT2D eigenvalue weighted by molar-refractivity contribution is 7.80. The second kappa shape index (κ2) is 5.52. The molecule has 0 aliphatic rings. The second-order valence-corrected chi connectivity index (χ2v) is 3.97. The first kappa shape index (κ1) is 11.7. The van der Waals surface area contributed by atoms with Crippen LogP contribution in [0.15, 0.2) is 12.1 Å². The van der Waals surface area contributed by atoms with Crippen LogP contribution in [-0.4, -0.2) is 12.4 Å². The highest BCUT2D eigenvalue weighted by Gasteiger charge is 2.05. The predicted octanol–water partition coefficient (Wildman–Crippen LogP) is 3.52. The summed E-state index contributed by atoms with van der Waals surface area (Å²) in [6.07, 6.45) is 0.946. The zero-order valence-corrected chi connectivity index (χ0v) is 10.2. The van der Waals surface area contributed by atoms with Crippen LogP contribution in [0.4, 0.5) is 0 Å². The molecule has 0 saturated heterocycles. The minimum atomic E-state index is 0.644. The van der Waals surface area contributed by atoms with Gasteiger partial charge >= 0.3 is 0 Å². The Morgan fingerprint density at radius 1 is 1.43 bits per heavy atom. The summed E-state index contributed by atoms with van der Waals surface area (Å²) in [6.45, 7) is 4.66. The molecule has 1 rings (SSSR count). The summed E-state index contributed by atoms with van der Waals surface area (Å²) < 4.78 is 5.40. The fraction of sp³-hybridized carbons (Fsp3) is 0.455. The van der Waals surface area contributed by atoms with Gasteiger partial charge in [-0.2, -0.15) is 12.6 Å². The van der Waals surface area contributed by atoms with Gasteiger partial charge in [0.25, 0.3) is 0 Å². The highest BCUT2D eigenvalue weighted by Crippen LogP contribution is 2.28. The van der Waals surface area contributed by atoms with Crippen molar-refractivity contribution in [2.45, 2.75) is 20.3 Å². The summed E-state index contributed by atoms with van der Waals surface area (Å²) >= 11 is 10.3. The van der Waals surface area contributed by atoms with E-state index in [1.807, 2.05) is 19.1 Å². The molecule has 0 fully saturated rings. The summed E-state index contributed by atoms with van der Waals surface area (Å²) in [5, 5.41) is 0.689. The third-order valence-electron chi connectivity index (χ3n) is 2.07. The predicted molar refractivity (Wildman–Crippen MR) is 64.9 cm³/mol. The van der Waals surface area contributed by atoms with Crippen LogP contribution in [-0.2, 0) is 6.42 Å². The maximum absolute atomic E-state index is 6.07. The Labute approximate surface area is 95.8 Å². The first-order valence-electron chi connectivity index (χ1n) is 4.71. The van der Waals surface area contributed by atoms with Crippen LogP contribution in [0.2, 0.25) is 5.02 Å². The van der Waals surface area contributed by atoms with Crippen LogP contribution < -0.4 is 4.74 Å². The van der Waals surface area contributed by atoms with Crippen molar-refractivity contribution >= 4 is 24.2 Å². The summed E-state index contributed by atoms with van der Waals surface area (Å²) in [7, 11) is 0. The number of thiol groups is 1. The quantitative estimate of drug-likeness (QED) is 0.779. The fourth-order valence-electron chi connectivity index (χ4n) is 1.35. The van der Waals surface area contributed by atoms with Crippen LogP contribution in [0.25, 0.3) is 0 Å². The van der Waals surface area contributed by atoms with Gasteiger partial charge in [0.2, 0.25) is 0 Å². The summed E-state index contributed by atoms with van der Waals surface area (Å²) in [5.74, 6) is 1.61. The van der Waals surface area contributed by atoms with Gasteiger partial charge in [-0.1, -0.05) is 11.6 Å². The number of ether oxygens (including phenoxy) is 1. The molecule has 0 aliphatic carbocycles. The summed E-state index contributed by atoms with van der Waals surface area (Å²) in [6, 6.07) is 3.96. The molecular formula is C11H15ClOS. The zero-order chi connectivity index (χ0) is 10.6. The smallest absolute Gasteiger partial charge is 0.138 e. The molecular weight excluding hydrogens is 216 g/mol. The summed E-state index contributed by atoms with van der Waals surface area (Å²) in [4.78, 5) is 0. The average molecular weight is 231 g/mol. The van der Waals surface area contributed by atoms with Gasteiger partial charge in [-0.15, -0.1) is 0 Å². The monoisotopic (exact) mass is 230 g/mol. The van der Waals surface area contributed by atoms with E-state index >= 15 is 0 Å². The van der Waals surface area contributed by atoms with Crippen molar-refractivity contribution in [3.05, 3.63) is 28.3 Å². The minimum Gasteiger partial charge on any atom is -0.492 e. The number of rotatable bonds is 4. The fourth-order valence-corrected chi connectivity index (χ4v) is 1.83. The van der Waals surface area contributed by atoms with E-state index in [2.05, 4.69) is 19.6 Å². The number of halogens is 1. The van der Waals surface area contributed by atoms with E-state index in [1.54, 1.807) is 0 Å². The number of hydrogen-bond donors (Lipinski definition) is 1. The molecule has 0 spiro atoms. The van der Waals surface area contributed by atoms with E-state index in [9.17, 15) is 0 Å². The van der Waals surface area contributed by atoms with Crippen LogP contribution in [0.5, 0.6) is 5.75 Å². The molecule has 0 amide bonds. The molecule has 1 aromatic carbocycles. The Hall–Kier alpha value is -0.340. The molecule has 14 heavy (non-hydrogen) atoms. The van der Waals surface area contributed by atoms with Gasteiger partial charge in [0, 0.05) is 0 Å². The lowest BCUT2D eigenvalue weighted by atomic mass is 10.1. The molecule has 0 bridgehead atoms.